The highest BCUT2D eigenvalue weighted by molar-refractivity contribution is 7.10. The van der Waals surface area contributed by atoms with Gasteiger partial charge in [0.05, 0.1) is 18.7 Å². The van der Waals surface area contributed by atoms with E-state index in [9.17, 15) is 23.1 Å². The van der Waals surface area contributed by atoms with Crippen LogP contribution < -0.4 is 5.32 Å². The maximum absolute atomic E-state index is 13.6. The number of nitrogens with one attached hydrogen (secondary N) is 1. The molecule has 0 unspecified atom stereocenters. The zero-order valence-corrected chi connectivity index (χ0v) is 16.4. The predicted molar refractivity (Wildman–Crippen MR) is 103 cm³/mol. The van der Waals surface area contributed by atoms with Crippen molar-refractivity contribution in [2.45, 2.75) is 37.6 Å². The molecular weight excluding hydrogens is 403 g/mol. The normalized spacial score (nSPS) is 14.9. The molecule has 3 aromatic rings. The summed E-state index contributed by atoms with van der Waals surface area (Å²) < 4.78 is 45.4. The van der Waals surface area contributed by atoms with Gasteiger partial charge in [-0.05, 0) is 41.1 Å². The molecule has 1 aromatic carbocycles. The van der Waals surface area contributed by atoms with E-state index < -0.39 is 35.9 Å². The molecule has 2 atom stereocenters. The monoisotopic (exact) mass is 423 g/mol. The van der Waals surface area contributed by atoms with Gasteiger partial charge in [-0.25, -0.2) is 0 Å². The summed E-state index contributed by atoms with van der Waals surface area (Å²) in [5.74, 6) is -1.67. The Morgan fingerprint density at radius 1 is 1.17 bits per heavy atom. The first-order valence-corrected chi connectivity index (χ1v) is 9.87. The summed E-state index contributed by atoms with van der Waals surface area (Å²) in [4.78, 5) is 13.4. The molecule has 2 N–H and O–H groups in total. The number of carbonyl (C=O) groups excluding carboxylic acids is 1. The number of hydrogen-bond acceptors (Lipinski definition) is 4. The number of halogens is 3. The lowest BCUT2D eigenvalue weighted by molar-refractivity contribution is -0.273. The molecule has 0 aliphatic heterocycles. The highest BCUT2D eigenvalue weighted by Gasteiger charge is 2.58. The molecule has 8 heteroatoms. The zero-order valence-electron chi connectivity index (χ0n) is 15.6. The third-order valence-electron chi connectivity index (χ3n) is 4.67. The molecule has 0 bridgehead atoms. The molecule has 29 heavy (non-hydrogen) atoms. The molecule has 154 valence electrons. The van der Waals surface area contributed by atoms with Crippen molar-refractivity contribution in [3.8, 4) is 0 Å². The van der Waals surface area contributed by atoms with E-state index in [4.69, 9.17) is 4.42 Å². The van der Waals surface area contributed by atoms with Gasteiger partial charge in [0, 0.05) is 4.88 Å². The first-order valence-electron chi connectivity index (χ1n) is 8.99. The van der Waals surface area contributed by atoms with Crippen LogP contribution in [-0.4, -0.2) is 17.2 Å². The maximum Gasteiger partial charge on any atom is 0.425 e. The van der Waals surface area contributed by atoms with E-state index in [0.717, 1.165) is 34.8 Å². The van der Waals surface area contributed by atoms with Crippen LogP contribution in [0.5, 0.6) is 0 Å². The molecule has 2 heterocycles. The lowest BCUT2D eigenvalue weighted by Gasteiger charge is -2.29. The maximum atomic E-state index is 13.6. The van der Waals surface area contributed by atoms with E-state index in [1.807, 2.05) is 36.6 Å². The molecule has 0 saturated carbocycles. The second-order valence-electron chi connectivity index (χ2n) is 6.62. The summed E-state index contributed by atoms with van der Waals surface area (Å²) in [5.41, 5.74) is -1.56. The molecule has 4 nitrogen and oxygen atoms in total. The van der Waals surface area contributed by atoms with Crippen molar-refractivity contribution in [2.75, 3.05) is 0 Å². The van der Waals surface area contributed by atoms with Gasteiger partial charge in [0.15, 0.2) is 0 Å². The van der Waals surface area contributed by atoms with Gasteiger partial charge in [0.25, 0.3) is 0 Å². The van der Waals surface area contributed by atoms with Gasteiger partial charge in [-0.2, -0.15) is 13.2 Å². The van der Waals surface area contributed by atoms with Crippen LogP contribution in [0.3, 0.4) is 0 Å². The fourth-order valence-electron chi connectivity index (χ4n) is 3.01. The van der Waals surface area contributed by atoms with Crippen LogP contribution in [0.1, 0.15) is 41.2 Å². The number of hydrogen-bond donors (Lipinski definition) is 2. The number of carbonyl (C=O) groups is 1. The molecule has 3 rings (SSSR count). The minimum absolute atomic E-state index is 0.623. The van der Waals surface area contributed by atoms with Crippen molar-refractivity contribution in [1.29, 1.82) is 0 Å². The average Bonchev–Trinajstić information content (AvgIpc) is 3.39. The summed E-state index contributed by atoms with van der Waals surface area (Å²) in [6.07, 6.45) is -4.42. The summed E-state index contributed by atoms with van der Waals surface area (Å²) >= 11 is 1.38. The first-order chi connectivity index (χ1) is 13.7. The van der Waals surface area contributed by atoms with Gasteiger partial charge in [-0.1, -0.05) is 37.3 Å². The minimum Gasteiger partial charge on any atom is -0.466 e. The second-order valence-corrected chi connectivity index (χ2v) is 7.60. The number of alkyl halides is 3. The Morgan fingerprint density at radius 3 is 2.41 bits per heavy atom. The van der Waals surface area contributed by atoms with Crippen molar-refractivity contribution < 1.29 is 27.5 Å². The van der Waals surface area contributed by atoms with Gasteiger partial charge in [0.2, 0.25) is 11.5 Å². The summed E-state index contributed by atoms with van der Waals surface area (Å²) in [6, 6.07) is 12.7. The zero-order chi connectivity index (χ0) is 21.1. The number of furan rings is 1. The highest BCUT2D eigenvalue weighted by Crippen LogP contribution is 2.42. The summed E-state index contributed by atoms with van der Waals surface area (Å²) in [7, 11) is 0. The summed E-state index contributed by atoms with van der Waals surface area (Å²) in [5, 5.41) is 14.7. The number of thiophene rings is 1. The van der Waals surface area contributed by atoms with E-state index in [1.54, 1.807) is 12.1 Å². The van der Waals surface area contributed by atoms with E-state index in [2.05, 4.69) is 5.32 Å². The van der Waals surface area contributed by atoms with Gasteiger partial charge in [-0.15, -0.1) is 11.3 Å². The average molecular weight is 423 g/mol. The molecule has 0 fully saturated rings. The molecule has 1 amide bonds. The number of aryl methyl sites for hydroxylation is 1. The molecule has 0 radical (unpaired) electrons. The van der Waals surface area contributed by atoms with Crippen LogP contribution in [0.4, 0.5) is 13.2 Å². The largest absolute Gasteiger partial charge is 0.466 e. The van der Waals surface area contributed by atoms with E-state index in [0.29, 0.717) is 0 Å². The quantitative estimate of drug-likeness (QED) is 0.565. The smallest absolute Gasteiger partial charge is 0.425 e. The number of rotatable bonds is 7. The summed E-state index contributed by atoms with van der Waals surface area (Å²) in [6.45, 7) is 2.01. The standard InChI is InChI=1S/C21H20F3NO3S/c1-2-14-7-9-15(10-8-14)19(16-5-4-12-29-16)25-18(26)13-20(27,21(22,23)24)17-6-3-11-28-17/h3-12,19,27H,2,13H2,1H3,(H,25,26)/t19-,20+/m0/s1. The molecule has 0 aliphatic carbocycles. The van der Waals surface area contributed by atoms with E-state index in [-0.39, 0.29) is 0 Å². The lowest BCUT2D eigenvalue weighted by atomic mass is 9.94. The van der Waals surface area contributed by atoms with Crippen molar-refractivity contribution >= 4 is 17.2 Å². The predicted octanol–water partition coefficient (Wildman–Crippen LogP) is 4.95. The van der Waals surface area contributed by atoms with Crippen molar-refractivity contribution in [1.82, 2.24) is 5.32 Å². The lowest BCUT2D eigenvalue weighted by Crippen LogP contribution is -2.46. The Labute approximate surface area is 170 Å². The molecule has 0 aliphatic rings. The van der Waals surface area contributed by atoms with Crippen LogP contribution in [-0.2, 0) is 16.8 Å². The van der Waals surface area contributed by atoms with Gasteiger partial charge in [-0.3, -0.25) is 4.79 Å². The fourth-order valence-corrected chi connectivity index (χ4v) is 3.81. The van der Waals surface area contributed by atoms with Crippen LogP contribution in [0.2, 0.25) is 0 Å². The fraction of sp³-hybridized carbons (Fsp3) is 0.286. The Morgan fingerprint density at radius 2 is 1.90 bits per heavy atom. The topological polar surface area (TPSA) is 62.5 Å². The third kappa shape index (κ3) is 4.54. The van der Waals surface area contributed by atoms with Crippen LogP contribution in [0, 0.1) is 0 Å². The minimum atomic E-state index is -5.08. The Balaban J connectivity index is 1.86. The second kappa shape index (κ2) is 8.42. The number of amides is 1. The van der Waals surface area contributed by atoms with Crippen molar-refractivity contribution in [3.63, 3.8) is 0 Å². The number of benzene rings is 1. The van der Waals surface area contributed by atoms with Crippen LogP contribution >= 0.6 is 11.3 Å². The molecule has 2 aromatic heterocycles. The molecular formula is C21H20F3NO3S. The van der Waals surface area contributed by atoms with Crippen LogP contribution in [0.25, 0.3) is 0 Å². The van der Waals surface area contributed by atoms with Crippen molar-refractivity contribution in [2.24, 2.45) is 0 Å². The van der Waals surface area contributed by atoms with E-state index >= 15 is 0 Å². The Kier molecular flexibility index (Phi) is 6.14. The Hall–Kier alpha value is -2.58. The van der Waals surface area contributed by atoms with E-state index in [1.165, 1.54) is 17.4 Å². The first kappa shape index (κ1) is 21.1. The third-order valence-corrected chi connectivity index (χ3v) is 5.61. The van der Waals surface area contributed by atoms with Gasteiger partial charge in [0.1, 0.15) is 5.76 Å². The van der Waals surface area contributed by atoms with Crippen molar-refractivity contribution in [3.05, 3.63) is 81.9 Å². The SMILES string of the molecule is CCc1ccc([C@H](NC(=O)C[C@@](O)(c2ccco2)C(F)(F)F)c2cccs2)cc1. The molecule has 0 saturated heterocycles. The van der Waals surface area contributed by atoms with Crippen LogP contribution in [0.15, 0.2) is 64.6 Å². The Bertz CT molecular complexity index is 921. The van der Waals surface area contributed by atoms with Gasteiger partial charge < -0.3 is 14.8 Å². The molecule has 0 spiro atoms. The van der Waals surface area contributed by atoms with Gasteiger partial charge >= 0.3 is 6.18 Å². The highest BCUT2D eigenvalue weighted by atomic mass is 32.1. The number of aliphatic hydroxyl groups is 1.